The number of benzene rings is 2. The summed E-state index contributed by atoms with van der Waals surface area (Å²) in [5.74, 6) is -1.29. The molecule has 0 atom stereocenters. The fourth-order valence-electron chi connectivity index (χ4n) is 2.62. The van der Waals surface area contributed by atoms with E-state index in [-0.39, 0.29) is 16.9 Å². The van der Waals surface area contributed by atoms with E-state index < -0.39 is 11.9 Å². The molecule has 138 valence electrons. The molecule has 0 spiro atoms. The van der Waals surface area contributed by atoms with Gasteiger partial charge in [-0.25, -0.2) is 0 Å². The number of carboxylic acids is 1. The summed E-state index contributed by atoms with van der Waals surface area (Å²) in [5.41, 5.74) is 1.14. The van der Waals surface area contributed by atoms with E-state index in [0.717, 1.165) is 5.56 Å². The van der Waals surface area contributed by atoms with Crippen molar-refractivity contribution in [1.29, 1.82) is 5.26 Å². The number of carboxylic acid groups (broad SMARTS) is 1. The van der Waals surface area contributed by atoms with Crippen molar-refractivity contribution in [3.05, 3.63) is 89.2 Å². The molecule has 0 aliphatic carbocycles. The number of nitrogens with one attached hydrogen (secondary N) is 1. The summed E-state index contributed by atoms with van der Waals surface area (Å²) in [5, 5.41) is 23.2. The number of carbonyl (C=O) groups excluding carboxylic acids is 2. The number of nitriles is 1. The molecule has 3 rings (SSSR count). The average Bonchev–Trinajstić information content (AvgIpc) is 3.19. The largest absolute Gasteiger partial charge is 0.545 e. The molecule has 0 radical (unpaired) electrons. The molecule has 1 aromatic heterocycles. The Morgan fingerprint density at radius 1 is 1.04 bits per heavy atom. The summed E-state index contributed by atoms with van der Waals surface area (Å²) in [6.45, 7) is 0.293. The topological polar surface area (TPSA) is 106 Å². The van der Waals surface area contributed by atoms with Gasteiger partial charge in [-0.05, 0) is 17.7 Å². The van der Waals surface area contributed by atoms with E-state index in [0.29, 0.717) is 17.9 Å². The Balaban J connectivity index is 1.78. The van der Waals surface area contributed by atoms with Gasteiger partial charge in [0, 0.05) is 23.7 Å². The third-order valence-corrected chi connectivity index (χ3v) is 3.99. The van der Waals surface area contributed by atoms with E-state index in [1.807, 2.05) is 36.4 Å². The molecule has 0 bridgehead atoms. The van der Waals surface area contributed by atoms with Crippen molar-refractivity contribution in [3.63, 3.8) is 0 Å². The molecule has 6 nitrogen and oxygen atoms in total. The number of nitrogens with zero attached hydrogens (tertiary/aromatic N) is 1. The Morgan fingerprint density at radius 2 is 1.75 bits per heavy atom. The summed E-state index contributed by atoms with van der Waals surface area (Å²) >= 11 is 0. The third kappa shape index (κ3) is 4.34. The summed E-state index contributed by atoms with van der Waals surface area (Å²) in [6.07, 6.45) is 1.31. The van der Waals surface area contributed by atoms with Crippen molar-refractivity contribution in [2.45, 2.75) is 6.54 Å². The van der Waals surface area contributed by atoms with Crippen molar-refractivity contribution in [2.75, 3.05) is 0 Å². The molecule has 2 aromatic carbocycles. The predicted molar refractivity (Wildman–Crippen MR) is 100 cm³/mol. The van der Waals surface area contributed by atoms with Gasteiger partial charge >= 0.3 is 0 Å². The van der Waals surface area contributed by atoms with Crippen LogP contribution in [-0.4, -0.2) is 11.9 Å². The normalized spacial score (nSPS) is 10.9. The number of hydrogen-bond acceptors (Lipinski definition) is 5. The first-order valence-corrected chi connectivity index (χ1v) is 8.43. The molecule has 0 aliphatic heterocycles. The van der Waals surface area contributed by atoms with Gasteiger partial charge in [-0.3, -0.25) is 4.79 Å². The highest BCUT2D eigenvalue weighted by molar-refractivity contribution is 6.01. The summed E-state index contributed by atoms with van der Waals surface area (Å²) < 4.78 is 5.61. The van der Waals surface area contributed by atoms with Gasteiger partial charge in [-0.15, -0.1) is 0 Å². The smallest absolute Gasteiger partial charge is 0.262 e. The van der Waals surface area contributed by atoms with Crippen LogP contribution in [0.15, 0.2) is 76.7 Å². The maximum atomic E-state index is 12.2. The van der Waals surface area contributed by atoms with Gasteiger partial charge in [0.2, 0.25) is 0 Å². The van der Waals surface area contributed by atoms with E-state index in [4.69, 9.17) is 4.42 Å². The minimum atomic E-state index is -1.32. The second-order valence-corrected chi connectivity index (χ2v) is 5.87. The van der Waals surface area contributed by atoms with Crippen LogP contribution in [0, 0.1) is 11.3 Å². The number of hydrogen-bond donors (Lipinski definition) is 1. The Labute approximate surface area is 161 Å². The molecule has 0 fully saturated rings. The van der Waals surface area contributed by atoms with Crippen LogP contribution in [0.3, 0.4) is 0 Å². The number of amides is 1. The lowest BCUT2D eigenvalue weighted by Gasteiger charge is -2.07. The van der Waals surface area contributed by atoms with Crippen LogP contribution in [0.2, 0.25) is 0 Å². The molecule has 1 amide bonds. The first-order chi connectivity index (χ1) is 13.6. The number of aromatic carboxylic acids is 1. The van der Waals surface area contributed by atoms with Crippen molar-refractivity contribution in [3.8, 4) is 17.4 Å². The molecule has 1 N–H and O–H groups in total. The summed E-state index contributed by atoms with van der Waals surface area (Å²) in [4.78, 5) is 23.5. The Kier molecular flexibility index (Phi) is 5.68. The second kappa shape index (κ2) is 8.52. The van der Waals surface area contributed by atoms with Gasteiger partial charge in [0.25, 0.3) is 5.91 Å². The van der Waals surface area contributed by atoms with Gasteiger partial charge in [0.1, 0.15) is 23.2 Å². The third-order valence-electron chi connectivity index (χ3n) is 3.99. The fourth-order valence-corrected chi connectivity index (χ4v) is 2.62. The van der Waals surface area contributed by atoms with Crippen LogP contribution < -0.4 is 10.4 Å². The molecule has 0 unspecified atom stereocenters. The minimum Gasteiger partial charge on any atom is -0.545 e. The molecular weight excluding hydrogens is 356 g/mol. The minimum absolute atomic E-state index is 0.00603. The summed E-state index contributed by atoms with van der Waals surface area (Å²) in [7, 11) is 0. The molecule has 0 saturated heterocycles. The molecule has 3 aromatic rings. The maximum absolute atomic E-state index is 12.2. The van der Waals surface area contributed by atoms with E-state index in [1.165, 1.54) is 12.1 Å². The number of furan rings is 1. The quantitative estimate of drug-likeness (QED) is 0.529. The van der Waals surface area contributed by atoms with Crippen molar-refractivity contribution in [1.82, 2.24) is 5.32 Å². The van der Waals surface area contributed by atoms with Crippen LogP contribution in [0.4, 0.5) is 0 Å². The standard InChI is InChI=1S/C22H16N2O4/c23-13-16(21(25)24-14-15-6-2-1-3-7-15)12-17-10-11-20(28-17)18-8-4-5-9-19(18)22(26)27/h1-12H,14H2,(H,24,25)(H,26,27)/p-1/b16-12+. The molecule has 28 heavy (non-hydrogen) atoms. The first kappa shape index (κ1) is 18.7. The molecular formula is C22H15N2O4-. The first-order valence-electron chi connectivity index (χ1n) is 8.43. The lowest BCUT2D eigenvalue weighted by molar-refractivity contribution is -0.254. The highest BCUT2D eigenvalue weighted by Gasteiger charge is 2.12. The lowest BCUT2D eigenvalue weighted by Crippen LogP contribution is -2.23. The van der Waals surface area contributed by atoms with Gasteiger partial charge in [0.15, 0.2) is 0 Å². The zero-order valence-corrected chi connectivity index (χ0v) is 14.7. The van der Waals surface area contributed by atoms with E-state index >= 15 is 0 Å². The summed E-state index contributed by atoms with van der Waals surface area (Å²) in [6, 6.07) is 20.6. The van der Waals surface area contributed by atoms with Gasteiger partial charge < -0.3 is 19.6 Å². The average molecular weight is 371 g/mol. The van der Waals surface area contributed by atoms with E-state index in [2.05, 4.69) is 5.32 Å². The highest BCUT2D eigenvalue weighted by Crippen LogP contribution is 2.26. The maximum Gasteiger partial charge on any atom is 0.262 e. The predicted octanol–water partition coefficient (Wildman–Crippen LogP) is 2.53. The van der Waals surface area contributed by atoms with Gasteiger partial charge in [-0.2, -0.15) is 5.26 Å². The molecule has 0 aliphatic rings. The van der Waals surface area contributed by atoms with Crippen molar-refractivity contribution >= 4 is 18.0 Å². The van der Waals surface area contributed by atoms with Crippen LogP contribution in [0.25, 0.3) is 17.4 Å². The monoisotopic (exact) mass is 371 g/mol. The van der Waals surface area contributed by atoms with Crippen LogP contribution in [0.1, 0.15) is 21.7 Å². The lowest BCUT2D eigenvalue weighted by atomic mass is 10.1. The van der Waals surface area contributed by atoms with Gasteiger partial charge in [-0.1, -0.05) is 54.6 Å². The zero-order chi connectivity index (χ0) is 19.9. The SMILES string of the molecule is N#C/C(=C\c1ccc(-c2ccccc2C(=O)[O-])o1)C(=O)NCc1ccccc1. The number of carbonyl (C=O) groups is 2. The van der Waals surface area contributed by atoms with Gasteiger partial charge in [0.05, 0.1) is 5.97 Å². The highest BCUT2D eigenvalue weighted by atomic mass is 16.4. The van der Waals surface area contributed by atoms with E-state index in [1.54, 1.807) is 30.3 Å². The Morgan fingerprint density at radius 3 is 2.46 bits per heavy atom. The van der Waals surface area contributed by atoms with Crippen LogP contribution in [-0.2, 0) is 11.3 Å². The Hall–Kier alpha value is -4.11. The zero-order valence-electron chi connectivity index (χ0n) is 14.7. The molecule has 0 saturated carbocycles. The van der Waals surface area contributed by atoms with E-state index in [9.17, 15) is 20.0 Å². The number of rotatable bonds is 6. The van der Waals surface area contributed by atoms with Crippen LogP contribution >= 0.6 is 0 Å². The van der Waals surface area contributed by atoms with Crippen LogP contribution in [0.5, 0.6) is 0 Å². The Bertz CT molecular complexity index is 1080. The molecule has 1 heterocycles. The molecule has 6 heteroatoms. The van der Waals surface area contributed by atoms with Crippen molar-refractivity contribution < 1.29 is 19.1 Å². The fraction of sp³-hybridized carbons (Fsp3) is 0.0455. The second-order valence-electron chi connectivity index (χ2n) is 5.87. The van der Waals surface area contributed by atoms with Crippen molar-refractivity contribution in [2.24, 2.45) is 0 Å².